The number of ether oxygens (including phenoxy) is 1. The highest BCUT2D eigenvalue weighted by Crippen LogP contribution is 2.17. The summed E-state index contributed by atoms with van der Waals surface area (Å²) in [5.74, 6) is 0.682. The average molecular weight is 346 g/mol. The maximum atomic E-state index is 12.6. The first-order chi connectivity index (χ1) is 11.9. The Labute approximate surface area is 144 Å². The topological polar surface area (TPSA) is 95.3 Å². The van der Waals surface area contributed by atoms with Gasteiger partial charge in [-0.1, -0.05) is 0 Å². The van der Waals surface area contributed by atoms with Crippen LogP contribution in [-0.4, -0.2) is 37.1 Å². The normalized spacial score (nSPS) is 13.4. The summed E-state index contributed by atoms with van der Waals surface area (Å²) >= 11 is 0. The Morgan fingerprint density at radius 2 is 2.20 bits per heavy atom. The van der Waals surface area contributed by atoms with Crippen molar-refractivity contribution in [1.82, 2.24) is 19.3 Å². The van der Waals surface area contributed by atoms with Crippen molar-refractivity contribution in [3.63, 3.8) is 0 Å². The van der Waals surface area contributed by atoms with Gasteiger partial charge < -0.3 is 14.3 Å². The van der Waals surface area contributed by atoms with E-state index in [9.17, 15) is 9.90 Å². The molecule has 8 heteroatoms. The molecule has 0 saturated carbocycles. The fourth-order valence-electron chi connectivity index (χ4n) is 2.54. The highest BCUT2D eigenvalue weighted by molar-refractivity contribution is 5.73. The van der Waals surface area contributed by atoms with Crippen LogP contribution >= 0.6 is 0 Å². The third-order valence-electron chi connectivity index (χ3n) is 3.73. The van der Waals surface area contributed by atoms with E-state index in [1.165, 1.54) is 17.1 Å². The molecule has 0 bridgehead atoms. The molecule has 3 heterocycles. The van der Waals surface area contributed by atoms with Crippen molar-refractivity contribution in [2.24, 2.45) is 0 Å². The maximum Gasteiger partial charge on any atom is 0.264 e. The molecule has 25 heavy (non-hydrogen) atoms. The van der Waals surface area contributed by atoms with Gasteiger partial charge in [0.2, 0.25) is 0 Å². The molecular weight excluding hydrogens is 324 g/mol. The van der Waals surface area contributed by atoms with E-state index >= 15 is 0 Å². The number of aromatic nitrogens is 4. The molecule has 0 radical (unpaired) electrons. The van der Waals surface area contributed by atoms with E-state index in [4.69, 9.17) is 9.15 Å². The Morgan fingerprint density at radius 3 is 2.88 bits per heavy atom. The van der Waals surface area contributed by atoms with Crippen molar-refractivity contribution < 1.29 is 14.3 Å². The van der Waals surface area contributed by atoms with Gasteiger partial charge in [-0.3, -0.25) is 9.36 Å². The van der Waals surface area contributed by atoms with E-state index in [-0.39, 0.29) is 30.9 Å². The second kappa shape index (κ2) is 6.81. The lowest BCUT2D eigenvalue weighted by molar-refractivity contribution is 0.0142. The molecule has 3 aromatic rings. The third kappa shape index (κ3) is 3.80. The third-order valence-corrected chi connectivity index (χ3v) is 3.73. The Bertz CT molecular complexity index is 890. The van der Waals surface area contributed by atoms with Gasteiger partial charge in [-0.15, -0.1) is 0 Å². The van der Waals surface area contributed by atoms with E-state index in [1.54, 1.807) is 23.1 Å². The van der Waals surface area contributed by atoms with Gasteiger partial charge in [0.05, 0.1) is 37.3 Å². The molecule has 3 aromatic heterocycles. The van der Waals surface area contributed by atoms with Gasteiger partial charge in [-0.2, -0.15) is 5.10 Å². The molecule has 134 valence electrons. The highest BCUT2D eigenvalue weighted by Gasteiger charge is 2.20. The highest BCUT2D eigenvalue weighted by atomic mass is 16.5. The summed E-state index contributed by atoms with van der Waals surface area (Å²) in [5, 5.41) is 14.8. The van der Waals surface area contributed by atoms with E-state index in [2.05, 4.69) is 10.1 Å². The van der Waals surface area contributed by atoms with Gasteiger partial charge in [-0.25, -0.2) is 9.67 Å². The standard InChI is InChI=1S/C17H22N4O4/c1-17(2,3)21-15-14(7-19-21)16(23)20(11-18-15)8-12(22)9-24-10-13-5-4-6-25-13/h4-7,11-12,22H,8-10H2,1-3H3. The summed E-state index contributed by atoms with van der Waals surface area (Å²) in [5.41, 5.74) is 0.0370. The zero-order chi connectivity index (χ0) is 18.0. The van der Waals surface area contributed by atoms with Crippen molar-refractivity contribution in [2.45, 2.75) is 45.6 Å². The molecule has 0 aliphatic rings. The van der Waals surface area contributed by atoms with Gasteiger partial charge in [0.1, 0.15) is 24.1 Å². The molecule has 1 unspecified atom stereocenters. The molecule has 3 rings (SSSR count). The fraction of sp³-hybridized carbons (Fsp3) is 0.471. The lowest BCUT2D eigenvalue weighted by Crippen LogP contribution is -2.30. The Morgan fingerprint density at radius 1 is 1.40 bits per heavy atom. The Kier molecular flexibility index (Phi) is 4.73. The van der Waals surface area contributed by atoms with E-state index in [1.807, 2.05) is 20.8 Å². The Balaban J connectivity index is 1.69. The van der Waals surface area contributed by atoms with Gasteiger partial charge in [0.25, 0.3) is 5.56 Å². The van der Waals surface area contributed by atoms with E-state index < -0.39 is 6.10 Å². The molecule has 0 spiro atoms. The first-order valence-corrected chi connectivity index (χ1v) is 8.08. The molecule has 0 aromatic carbocycles. The van der Waals surface area contributed by atoms with Gasteiger partial charge in [0, 0.05) is 0 Å². The molecule has 0 fully saturated rings. The number of aliphatic hydroxyl groups is 1. The number of fused-ring (bicyclic) bond motifs is 1. The van der Waals surface area contributed by atoms with Gasteiger partial charge >= 0.3 is 0 Å². The van der Waals surface area contributed by atoms with Crippen LogP contribution in [0, 0.1) is 0 Å². The molecule has 0 aliphatic carbocycles. The zero-order valence-electron chi connectivity index (χ0n) is 14.5. The summed E-state index contributed by atoms with van der Waals surface area (Å²) in [6, 6.07) is 3.56. The van der Waals surface area contributed by atoms with Crippen molar-refractivity contribution in [3.05, 3.63) is 47.0 Å². The Hall–Kier alpha value is -2.45. The van der Waals surface area contributed by atoms with Crippen molar-refractivity contribution >= 4 is 11.0 Å². The minimum Gasteiger partial charge on any atom is -0.467 e. The molecule has 8 nitrogen and oxygen atoms in total. The van der Waals surface area contributed by atoms with E-state index in [0.717, 1.165) is 0 Å². The maximum absolute atomic E-state index is 12.6. The minimum atomic E-state index is -0.829. The summed E-state index contributed by atoms with van der Waals surface area (Å²) < 4.78 is 13.6. The van der Waals surface area contributed by atoms with Gasteiger partial charge in [0.15, 0.2) is 5.65 Å². The predicted octanol–water partition coefficient (Wildman–Crippen LogP) is 1.52. The van der Waals surface area contributed by atoms with Crippen LogP contribution < -0.4 is 5.56 Å². The van der Waals surface area contributed by atoms with Crippen LogP contribution in [0.3, 0.4) is 0 Å². The summed E-state index contributed by atoms with van der Waals surface area (Å²) in [7, 11) is 0. The molecular formula is C17H22N4O4. The zero-order valence-corrected chi connectivity index (χ0v) is 14.5. The smallest absolute Gasteiger partial charge is 0.264 e. The molecule has 0 aliphatic heterocycles. The quantitative estimate of drug-likeness (QED) is 0.727. The second-order valence-corrected chi connectivity index (χ2v) is 6.91. The number of rotatable bonds is 6. The second-order valence-electron chi connectivity index (χ2n) is 6.91. The van der Waals surface area contributed by atoms with Crippen molar-refractivity contribution in [3.8, 4) is 0 Å². The number of hydrogen-bond acceptors (Lipinski definition) is 6. The first-order valence-electron chi connectivity index (χ1n) is 8.08. The van der Waals surface area contributed by atoms with Crippen molar-refractivity contribution in [1.29, 1.82) is 0 Å². The number of aliphatic hydroxyl groups excluding tert-OH is 1. The molecule has 1 N–H and O–H groups in total. The van der Waals surface area contributed by atoms with Gasteiger partial charge in [-0.05, 0) is 32.9 Å². The van der Waals surface area contributed by atoms with Crippen LogP contribution in [0.2, 0.25) is 0 Å². The summed E-state index contributed by atoms with van der Waals surface area (Å²) in [6.45, 7) is 6.44. The largest absolute Gasteiger partial charge is 0.467 e. The lowest BCUT2D eigenvalue weighted by Gasteiger charge is -2.19. The summed E-state index contributed by atoms with van der Waals surface area (Å²) in [6.07, 6.45) is 3.69. The number of hydrogen-bond donors (Lipinski definition) is 1. The van der Waals surface area contributed by atoms with Crippen LogP contribution in [-0.2, 0) is 23.4 Å². The van der Waals surface area contributed by atoms with Crippen LogP contribution in [0.4, 0.5) is 0 Å². The number of furan rings is 1. The van der Waals surface area contributed by atoms with E-state index in [0.29, 0.717) is 16.8 Å². The van der Waals surface area contributed by atoms with Crippen LogP contribution in [0.25, 0.3) is 11.0 Å². The monoisotopic (exact) mass is 346 g/mol. The van der Waals surface area contributed by atoms with Crippen LogP contribution in [0.5, 0.6) is 0 Å². The fourth-order valence-corrected chi connectivity index (χ4v) is 2.54. The van der Waals surface area contributed by atoms with Crippen LogP contribution in [0.1, 0.15) is 26.5 Å². The molecule has 0 saturated heterocycles. The van der Waals surface area contributed by atoms with Crippen LogP contribution in [0.15, 0.2) is 40.1 Å². The first kappa shape index (κ1) is 17.4. The summed E-state index contributed by atoms with van der Waals surface area (Å²) in [4.78, 5) is 16.9. The minimum absolute atomic E-state index is 0.0897. The SMILES string of the molecule is CC(C)(C)n1ncc2c(=O)n(CC(O)COCc3ccco3)cnc21. The number of nitrogens with zero attached hydrogens (tertiary/aromatic N) is 4. The molecule has 1 atom stereocenters. The lowest BCUT2D eigenvalue weighted by atomic mass is 10.1. The van der Waals surface area contributed by atoms with Crippen molar-refractivity contribution in [2.75, 3.05) is 6.61 Å². The predicted molar refractivity (Wildman–Crippen MR) is 91.2 cm³/mol. The average Bonchev–Trinajstić information content (AvgIpc) is 3.18. The molecule has 0 amide bonds.